The third-order valence-corrected chi connectivity index (χ3v) is 1.90. The van der Waals surface area contributed by atoms with E-state index in [9.17, 15) is 4.79 Å². The van der Waals surface area contributed by atoms with E-state index in [-0.39, 0.29) is 5.43 Å². The zero-order valence-corrected chi connectivity index (χ0v) is 6.70. The highest BCUT2D eigenvalue weighted by molar-refractivity contribution is 5.79. The molecular formula is C10H8O2. The van der Waals surface area contributed by atoms with Gasteiger partial charge in [0.05, 0.1) is 11.6 Å². The maximum Gasteiger partial charge on any atom is 0.192 e. The van der Waals surface area contributed by atoms with Gasteiger partial charge in [-0.2, -0.15) is 0 Å². The van der Waals surface area contributed by atoms with E-state index < -0.39 is 0 Å². The van der Waals surface area contributed by atoms with Crippen LogP contribution in [-0.4, -0.2) is 0 Å². The summed E-state index contributed by atoms with van der Waals surface area (Å²) < 4.78 is 5.17. The predicted molar refractivity (Wildman–Crippen MR) is 47.2 cm³/mol. The van der Waals surface area contributed by atoms with Crippen LogP contribution in [0.3, 0.4) is 0 Å². The lowest BCUT2D eigenvalue weighted by Crippen LogP contribution is -1.99. The van der Waals surface area contributed by atoms with Crippen LogP contribution >= 0.6 is 0 Å². The van der Waals surface area contributed by atoms with Crippen LogP contribution in [0.1, 0.15) is 5.56 Å². The molecule has 2 heteroatoms. The fourth-order valence-electron chi connectivity index (χ4n) is 1.31. The molecule has 0 unspecified atom stereocenters. The lowest BCUT2D eigenvalue weighted by atomic mass is 10.1. The van der Waals surface area contributed by atoms with Crippen LogP contribution in [0, 0.1) is 6.92 Å². The molecule has 0 aliphatic rings. The summed E-state index contributed by atoms with van der Waals surface area (Å²) in [5.41, 5.74) is 1.64. The van der Waals surface area contributed by atoms with Gasteiger partial charge in [0.25, 0.3) is 0 Å². The van der Waals surface area contributed by atoms with E-state index in [0.29, 0.717) is 11.0 Å². The summed E-state index contributed by atoms with van der Waals surface area (Å²) in [6.07, 6.45) is 1.42. The second kappa shape index (κ2) is 2.48. The van der Waals surface area contributed by atoms with Crippen LogP contribution in [-0.2, 0) is 0 Å². The van der Waals surface area contributed by atoms with Crippen molar-refractivity contribution in [2.45, 2.75) is 6.92 Å². The van der Waals surface area contributed by atoms with E-state index in [0.717, 1.165) is 5.56 Å². The number of benzene rings is 1. The van der Waals surface area contributed by atoms with E-state index in [1.807, 2.05) is 19.1 Å². The fraction of sp³-hybridized carbons (Fsp3) is 0.100. The monoisotopic (exact) mass is 160 g/mol. The molecule has 1 heterocycles. The van der Waals surface area contributed by atoms with E-state index in [2.05, 4.69) is 0 Å². The van der Waals surface area contributed by atoms with Crippen LogP contribution in [0.15, 0.2) is 39.7 Å². The van der Waals surface area contributed by atoms with E-state index >= 15 is 0 Å². The Hall–Kier alpha value is -1.57. The lowest BCUT2D eigenvalue weighted by molar-refractivity contribution is 0.602. The molecule has 1 aromatic carbocycles. The summed E-state index contributed by atoms with van der Waals surface area (Å²) in [6.45, 7) is 1.90. The van der Waals surface area contributed by atoms with Gasteiger partial charge in [0.2, 0.25) is 0 Å². The molecule has 0 aliphatic carbocycles. The Morgan fingerprint density at radius 3 is 2.83 bits per heavy atom. The maximum atomic E-state index is 11.3. The highest BCUT2D eigenvalue weighted by atomic mass is 16.3. The fourth-order valence-corrected chi connectivity index (χ4v) is 1.31. The van der Waals surface area contributed by atoms with Crippen molar-refractivity contribution in [3.63, 3.8) is 0 Å². The quantitative estimate of drug-likeness (QED) is 0.590. The van der Waals surface area contributed by atoms with Crippen molar-refractivity contribution in [3.05, 3.63) is 46.3 Å². The van der Waals surface area contributed by atoms with E-state index in [1.165, 1.54) is 12.3 Å². The molecule has 0 spiro atoms. The van der Waals surface area contributed by atoms with Crippen LogP contribution in [0.2, 0.25) is 0 Å². The summed E-state index contributed by atoms with van der Waals surface area (Å²) in [7, 11) is 0. The molecule has 2 rings (SSSR count). The van der Waals surface area contributed by atoms with Crippen molar-refractivity contribution in [3.8, 4) is 0 Å². The molecule has 0 saturated carbocycles. The Morgan fingerprint density at radius 2 is 2.08 bits per heavy atom. The largest absolute Gasteiger partial charge is 0.464 e. The normalized spacial score (nSPS) is 10.4. The maximum absolute atomic E-state index is 11.3. The van der Waals surface area contributed by atoms with Gasteiger partial charge in [-0.05, 0) is 18.6 Å². The summed E-state index contributed by atoms with van der Waals surface area (Å²) in [5.74, 6) is 0. The number of hydrogen-bond donors (Lipinski definition) is 0. The second-order valence-corrected chi connectivity index (χ2v) is 2.73. The van der Waals surface area contributed by atoms with Gasteiger partial charge in [-0.3, -0.25) is 4.79 Å². The average molecular weight is 160 g/mol. The van der Waals surface area contributed by atoms with Crippen molar-refractivity contribution in [2.75, 3.05) is 0 Å². The molecule has 2 nitrogen and oxygen atoms in total. The lowest BCUT2D eigenvalue weighted by Gasteiger charge is -1.97. The third-order valence-electron chi connectivity index (χ3n) is 1.90. The molecule has 0 amide bonds. The first-order valence-corrected chi connectivity index (χ1v) is 3.76. The first-order valence-electron chi connectivity index (χ1n) is 3.76. The van der Waals surface area contributed by atoms with Crippen molar-refractivity contribution in [1.29, 1.82) is 0 Å². The zero-order valence-electron chi connectivity index (χ0n) is 6.70. The van der Waals surface area contributed by atoms with Crippen molar-refractivity contribution < 1.29 is 4.42 Å². The first kappa shape index (κ1) is 7.10. The molecule has 0 aliphatic heterocycles. The number of rotatable bonds is 0. The Balaban J connectivity index is 3.07. The standard InChI is InChI=1S/C10H8O2/c1-7-3-2-4-9-10(7)8(11)5-6-12-9/h2-6H,1H3. The Kier molecular flexibility index (Phi) is 1.47. The summed E-state index contributed by atoms with van der Waals surface area (Å²) >= 11 is 0. The minimum Gasteiger partial charge on any atom is -0.464 e. The topological polar surface area (TPSA) is 30.2 Å². The van der Waals surface area contributed by atoms with E-state index in [1.54, 1.807) is 6.07 Å². The van der Waals surface area contributed by atoms with Crippen LogP contribution < -0.4 is 5.43 Å². The van der Waals surface area contributed by atoms with Gasteiger partial charge in [0.1, 0.15) is 5.58 Å². The molecule has 0 atom stereocenters. The van der Waals surface area contributed by atoms with E-state index in [4.69, 9.17) is 4.42 Å². The van der Waals surface area contributed by atoms with Crippen LogP contribution in [0.5, 0.6) is 0 Å². The Labute approximate surface area is 69.4 Å². The van der Waals surface area contributed by atoms with Crippen LogP contribution in [0.4, 0.5) is 0 Å². The third kappa shape index (κ3) is 0.925. The summed E-state index contributed by atoms with van der Waals surface area (Å²) in [5, 5.41) is 0.681. The number of hydrogen-bond acceptors (Lipinski definition) is 2. The van der Waals surface area contributed by atoms with Gasteiger partial charge in [0.15, 0.2) is 5.43 Å². The minimum absolute atomic E-state index is 0.0225. The molecule has 1 aromatic heterocycles. The highest BCUT2D eigenvalue weighted by Crippen LogP contribution is 2.12. The number of fused-ring (bicyclic) bond motifs is 1. The Morgan fingerprint density at radius 1 is 1.25 bits per heavy atom. The van der Waals surface area contributed by atoms with Gasteiger partial charge >= 0.3 is 0 Å². The van der Waals surface area contributed by atoms with Gasteiger partial charge < -0.3 is 4.42 Å². The molecule has 0 saturated heterocycles. The zero-order chi connectivity index (χ0) is 8.55. The van der Waals surface area contributed by atoms with Crippen molar-refractivity contribution >= 4 is 11.0 Å². The molecular weight excluding hydrogens is 152 g/mol. The number of aryl methyl sites for hydroxylation is 1. The van der Waals surface area contributed by atoms with Gasteiger partial charge in [-0.15, -0.1) is 0 Å². The summed E-state index contributed by atoms with van der Waals surface area (Å²) in [6, 6.07) is 7.01. The molecule has 0 fully saturated rings. The highest BCUT2D eigenvalue weighted by Gasteiger charge is 2.00. The molecule has 0 radical (unpaired) electrons. The van der Waals surface area contributed by atoms with Crippen LogP contribution in [0.25, 0.3) is 11.0 Å². The molecule has 60 valence electrons. The molecule has 0 bridgehead atoms. The smallest absolute Gasteiger partial charge is 0.192 e. The predicted octanol–water partition coefficient (Wildman–Crippen LogP) is 2.10. The Bertz CT molecular complexity index is 463. The first-order chi connectivity index (χ1) is 5.79. The van der Waals surface area contributed by atoms with Gasteiger partial charge in [0, 0.05) is 6.07 Å². The minimum atomic E-state index is 0.0225. The van der Waals surface area contributed by atoms with Crippen molar-refractivity contribution in [1.82, 2.24) is 0 Å². The van der Waals surface area contributed by atoms with Gasteiger partial charge in [-0.1, -0.05) is 12.1 Å². The second-order valence-electron chi connectivity index (χ2n) is 2.73. The van der Waals surface area contributed by atoms with Gasteiger partial charge in [-0.25, -0.2) is 0 Å². The summed E-state index contributed by atoms with van der Waals surface area (Å²) in [4.78, 5) is 11.3. The SMILES string of the molecule is Cc1cccc2occc(=O)c12. The molecule has 0 N–H and O–H groups in total. The molecule has 12 heavy (non-hydrogen) atoms. The molecule has 2 aromatic rings. The van der Waals surface area contributed by atoms with Crippen molar-refractivity contribution in [2.24, 2.45) is 0 Å². The average Bonchev–Trinajstić information content (AvgIpc) is 2.04.